The fourth-order valence-electron chi connectivity index (χ4n) is 4.38. The molecule has 0 fully saturated rings. The Bertz CT molecular complexity index is 1470. The maximum atomic E-state index is 13.4. The third-order valence-corrected chi connectivity index (χ3v) is 6.23. The number of carbonyl (C=O) groups is 1. The van der Waals surface area contributed by atoms with Crippen LogP contribution in [0.1, 0.15) is 24.6 Å². The highest BCUT2D eigenvalue weighted by Gasteiger charge is 2.19. The number of rotatable bonds is 9. The standard InChI is InChI=1S/C27H30N4O5/c1-6-30-17(2)19(12-14-25(32)28-18-11-13-23(35-4)24(15-18)36-5)27(33)31-26(30)16-21(29-31)20-9-7-8-10-22(20)34-3/h7-11,13,15-16H,6,12,14H2,1-5H3,(H,28,32). The first-order valence-corrected chi connectivity index (χ1v) is 11.7. The number of nitrogens with one attached hydrogen (secondary N) is 1. The second kappa shape index (κ2) is 10.6. The predicted molar refractivity (Wildman–Crippen MR) is 138 cm³/mol. The van der Waals surface area contributed by atoms with Gasteiger partial charge in [-0.1, -0.05) is 12.1 Å². The molecule has 0 saturated heterocycles. The largest absolute Gasteiger partial charge is 0.496 e. The van der Waals surface area contributed by atoms with Gasteiger partial charge in [-0.3, -0.25) is 9.59 Å². The Kier molecular flexibility index (Phi) is 7.28. The summed E-state index contributed by atoms with van der Waals surface area (Å²) in [6, 6.07) is 14.6. The summed E-state index contributed by atoms with van der Waals surface area (Å²) < 4.78 is 19.5. The number of amides is 1. The van der Waals surface area contributed by atoms with Crippen LogP contribution >= 0.6 is 0 Å². The lowest BCUT2D eigenvalue weighted by molar-refractivity contribution is -0.116. The molecule has 4 rings (SSSR count). The maximum Gasteiger partial charge on any atom is 0.277 e. The third kappa shape index (κ3) is 4.64. The predicted octanol–water partition coefficient (Wildman–Crippen LogP) is 4.09. The Labute approximate surface area is 209 Å². The molecule has 0 radical (unpaired) electrons. The molecule has 2 heterocycles. The summed E-state index contributed by atoms with van der Waals surface area (Å²) in [7, 11) is 4.70. The van der Waals surface area contributed by atoms with Crippen LogP contribution in [0.3, 0.4) is 0 Å². The molecule has 0 spiro atoms. The SMILES string of the molecule is CCn1c(C)c(CCC(=O)Nc2ccc(OC)c(OC)c2)c(=O)n2nc(-c3ccccc3OC)cc12. The molecule has 0 atom stereocenters. The molecule has 36 heavy (non-hydrogen) atoms. The van der Waals surface area contributed by atoms with E-state index in [2.05, 4.69) is 10.4 Å². The number of hydrogen-bond acceptors (Lipinski definition) is 6. The van der Waals surface area contributed by atoms with Gasteiger partial charge in [0.05, 0.1) is 27.0 Å². The molecule has 0 unspecified atom stereocenters. The molecule has 9 heteroatoms. The minimum absolute atomic E-state index is 0.139. The molecule has 0 aliphatic heterocycles. The molecule has 9 nitrogen and oxygen atoms in total. The van der Waals surface area contributed by atoms with Crippen LogP contribution < -0.4 is 25.1 Å². The number of anilines is 1. The van der Waals surface area contributed by atoms with Gasteiger partial charge in [0.15, 0.2) is 11.5 Å². The number of fused-ring (bicyclic) bond motifs is 1. The molecule has 0 aliphatic carbocycles. The number of aryl methyl sites for hydroxylation is 1. The smallest absolute Gasteiger partial charge is 0.277 e. The molecule has 188 valence electrons. The summed E-state index contributed by atoms with van der Waals surface area (Å²) in [5, 5.41) is 7.47. The van der Waals surface area contributed by atoms with Crippen molar-refractivity contribution in [1.29, 1.82) is 0 Å². The van der Waals surface area contributed by atoms with E-state index >= 15 is 0 Å². The van der Waals surface area contributed by atoms with Crippen LogP contribution in [0.15, 0.2) is 53.3 Å². The topological polar surface area (TPSA) is 96.1 Å². The third-order valence-electron chi connectivity index (χ3n) is 6.23. The van der Waals surface area contributed by atoms with Gasteiger partial charge in [-0.05, 0) is 44.5 Å². The van der Waals surface area contributed by atoms with Gasteiger partial charge in [0.25, 0.3) is 5.56 Å². The van der Waals surface area contributed by atoms with Crippen molar-refractivity contribution in [1.82, 2.24) is 14.2 Å². The van der Waals surface area contributed by atoms with E-state index in [1.54, 1.807) is 32.4 Å². The minimum Gasteiger partial charge on any atom is -0.496 e. The molecule has 2 aromatic heterocycles. The first-order chi connectivity index (χ1) is 17.4. The lowest BCUT2D eigenvalue weighted by Gasteiger charge is -2.15. The zero-order chi connectivity index (χ0) is 25.8. The number of ether oxygens (including phenoxy) is 3. The van der Waals surface area contributed by atoms with Gasteiger partial charge in [0.2, 0.25) is 5.91 Å². The monoisotopic (exact) mass is 490 g/mol. The highest BCUT2D eigenvalue weighted by atomic mass is 16.5. The van der Waals surface area contributed by atoms with Crippen LogP contribution in [-0.4, -0.2) is 41.4 Å². The summed E-state index contributed by atoms with van der Waals surface area (Å²) in [5.41, 5.74) is 3.88. The van der Waals surface area contributed by atoms with Crippen molar-refractivity contribution in [3.63, 3.8) is 0 Å². The Balaban J connectivity index is 1.62. The van der Waals surface area contributed by atoms with E-state index in [1.807, 2.05) is 48.7 Å². The van der Waals surface area contributed by atoms with Crippen LogP contribution in [0.5, 0.6) is 17.2 Å². The van der Waals surface area contributed by atoms with Crippen LogP contribution in [-0.2, 0) is 17.8 Å². The number of methoxy groups -OCH3 is 3. The average Bonchev–Trinajstić information content (AvgIpc) is 3.34. The first kappa shape index (κ1) is 24.8. The van der Waals surface area contributed by atoms with Crippen LogP contribution in [0.2, 0.25) is 0 Å². The number of aromatic nitrogens is 3. The average molecular weight is 491 g/mol. The van der Waals surface area contributed by atoms with Crippen LogP contribution in [0, 0.1) is 6.92 Å². The van der Waals surface area contributed by atoms with E-state index in [0.29, 0.717) is 46.4 Å². The molecular formula is C27H30N4O5. The summed E-state index contributed by atoms with van der Waals surface area (Å²) >= 11 is 0. The van der Waals surface area contributed by atoms with Crippen molar-refractivity contribution >= 4 is 17.2 Å². The second-order valence-electron chi connectivity index (χ2n) is 8.23. The van der Waals surface area contributed by atoms with Crippen molar-refractivity contribution in [2.75, 3.05) is 26.6 Å². The molecule has 1 amide bonds. The summed E-state index contributed by atoms with van der Waals surface area (Å²) in [5.74, 6) is 1.57. The molecule has 1 N–H and O–H groups in total. The van der Waals surface area contributed by atoms with E-state index in [1.165, 1.54) is 11.6 Å². The number of carbonyl (C=O) groups excluding carboxylic acids is 1. The van der Waals surface area contributed by atoms with Gasteiger partial charge in [-0.2, -0.15) is 9.61 Å². The van der Waals surface area contributed by atoms with Crippen molar-refractivity contribution in [2.24, 2.45) is 0 Å². The Morgan fingerprint density at radius 2 is 1.69 bits per heavy atom. The number of para-hydroxylation sites is 1. The molecule has 4 aromatic rings. The van der Waals surface area contributed by atoms with Crippen molar-refractivity contribution in [2.45, 2.75) is 33.2 Å². The quantitative estimate of drug-likeness (QED) is 0.380. The molecule has 0 aliphatic rings. The zero-order valence-electron chi connectivity index (χ0n) is 21.1. The van der Waals surface area contributed by atoms with Crippen molar-refractivity contribution < 1.29 is 19.0 Å². The van der Waals surface area contributed by atoms with E-state index in [4.69, 9.17) is 14.2 Å². The number of hydrogen-bond donors (Lipinski definition) is 1. The lowest BCUT2D eigenvalue weighted by Crippen LogP contribution is -2.26. The normalized spacial score (nSPS) is 10.9. The molecule has 2 aromatic carbocycles. The maximum absolute atomic E-state index is 13.4. The van der Waals surface area contributed by atoms with Gasteiger partial charge in [0.1, 0.15) is 11.4 Å². The minimum atomic E-state index is -0.229. The van der Waals surface area contributed by atoms with Crippen LogP contribution in [0.25, 0.3) is 16.9 Å². The van der Waals surface area contributed by atoms with Gasteiger partial charge in [0, 0.05) is 47.6 Å². The Hall–Kier alpha value is -4.27. The van der Waals surface area contributed by atoms with E-state index in [0.717, 1.165) is 11.3 Å². The Morgan fingerprint density at radius 1 is 0.972 bits per heavy atom. The number of benzene rings is 2. The van der Waals surface area contributed by atoms with Gasteiger partial charge < -0.3 is 24.1 Å². The van der Waals surface area contributed by atoms with E-state index in [9.17, 15) is 9.59 Å². The van der Waals surface area contributed by atoms with Gasteiger partial charge >= 0.3 is 0 Å². The fourth-order valence-corrected chi connectivity index (χ4v) is 4.38. The molecule has 0 saturated carbocycles. The highest BCUT2D eigenvalue weighted by Crippen LogP contribution is 2.30. The summed E-state index contributed by atoms with van der Waals surface area (Å²) in [4.78, 5) is 26.1. The van der Waals surface area contributed by atoms with Crippen molar-refractivity contribution in [3.8, 4) is 28.5 Å². The first-order valence-electron chi connectivity index (χ1n) is 11.7. The van der Waals surface area contributed by atoms with E-state index < -0.39 is 0 Å². The zero-order valence-corrected chi connectivity index (χ0v) is 21.1. The second-order valence-corrected chi connectivity index (χ2v) is 8.23. The molecule has 0 bridgehead atoms. The number of nitrogens with zero attached hydrogens (tertiary/aromatic N) is 3. The fraction of sp³-hybridized carbons (Fsp3) is 0.296. The van der Waals surface area contributed by atoms with Gasteiger partial charge in [-0.15, -0.1) is 0 Å². The Morgan fingerprint density at radius 3 is 2.39 bits per heavy atom. The van der Waals surface area contributed by atoms with Crippen LogP contribution in [0.4, 0.5) is 5.69 Å². The summed E-state index contributed by atoms with van der Waals surface area (Å²) in [6.07, 6.45) is 0.420. The summed E-state index contributed by atoms with van der Waals surface area (Å²) in [6.45, 7) is 4.57. The van der Waals surface area contributed by atoms with E-state index in [-0.39, 0.29) is 24.3 Å². The highest BCUT2D eigenvalue weighted by molar-refractivity contribution is 5.91. The van der Waals surface area contributed by atoms with Crippen molar-refractivity contribution in [3.05, 3.63) is 70.1 Å². The van der Waals surface area contributed by atoms with Gasteiger partial charge in [-0.25, -0.2) is 0 Å². The lowest BCUT2D eigenvalue weighted by atomic mass is 10.1. The molecular weight excluding hydrogens is 460 g/mol.